The number of nitrogens with zero attached hydrogens (tertiary/aromatic N) is 1. The minimum atomic E-state index is 0.0499. The van der Waals surface area contributed by atoms with Crippen LogP contribution in [-0.4, -0.2) is 51.5 Å². The lowest BCUT2D eigenvalue weighted by atomic mass is 9.68. The Hall–Kier alpha value is -1.82. The first-order chi connectivity index (χ1) is 12.1. The number of hydrogen-bond acceptors (Lipinski definition) is 4. The zero-order valence-electron chi connectivity index (χ0n) is 14.7. The van der Waals surface area contributed by atoms with Gasteiger partial charge in [-0.2, -0.15) is 0 Å². The lowest BCUT2D eigenvalue weighted by Crippen LogP contribution is -2.54. The van der Waals surface area contributed by atoms with E-state index in [1.165, 1.54) is 11.3 Å². The molecule has 5 nitrogen and oxygen atoms in total. The third-order valence-electron chi connectivity index (χ3n) is 6.41. The first-order valence-corrected chi connectivity index (χ1v) is 9.01. The van der Waals surface area contributed by atoms with Crippen LogP contribution in [0.1, 0.15) is 30.6 Å². The van der Waals surface area contributed by atoms with Crippen LogP contribution in [0, 0.1) is 11.8 Å². The fourth-order valence-corrected chi connectivity index (χ4v) is 5.07. The summed E-state index contributed by atoms with van der Waals surface area (Å²) in [7, 11) is 2.13. The molecule has 1 fully saturated rings. The van der Waals surface area contributed by atoms with Crippen molar-refractivity contribution in [2.24, 2.45) is 11.8 Å². The number of aliphatic hydroxyl groups is 2. The van der Waals surface area contributed by atoms with Crippen molar-refractivity contribution in [1.29, 1.82) is 0 Å². The summed E-state index contributed by atoms with van der Waals surface area (Å²) in [4.78, 5) is 5.93. The smallest absolute Gasteiger partial charge is 0.116 e. The molecular weight excluding hydrogens is 316 g/mol. The van der Waals surface area contributed by atoms with Crippen LogP contribution in [0.5, 0.6) is 5.75 Å². The van der Waals surface area contributed by atoms with Crippen molar-refractivity contribution in [2.75, 3.05) is 20.3 Å². The summed E-state index contributed by atoms with van der Waals surface area (Å²) in [6, 6.07) is 5.94. The zero-order valence-corrected chi connectivity index (χ0v) is 14.7. The number of allylic oxidation sites excluding steroid dienone is 1. The largest absolute Gasteiger partial charge is 0.508 e. The van der Waals surface area contributed by atoms with Crippen molar-refractivity contribution < 1.29 is 15.3 Å². The zero-order chi connectivity index (χ0) is 17.7. The maximum atomic E-state index is 10.1. The SMILES string of the molecule is C/C=C(/CO)C1CC2c3[nH]c4ccc(O)cc4c3CC(C1CO)N2C. The molecule has 134 valence electrons. The van der Waals surface area contributed by atoms with Crippen molar-refractivity contribution in [3.8, 4) is 5.75 Å². The number of fused-ring (bicyclic) bond motifs is 6. The van der Waals surface area contributed by atoms with Gasteiger partial charge in [0.2, 0.25) is 0 Å². The molecule has 1 aromatic carbocycles. The molecule has 0 radical (unpaired) electrons. The second-order valence-electron chi connectivity index (χ2n) is 7.41. The number of aromatic amines is 1. The second kappa shape index (κ2) is 6.16. The second-order valence-corrected chi connectivity index (χ2v) is 7.41. The maximum Gasteiger partial charge on any atom is 0.116 e. The Kier molecular flexibility index (Phi) is 4.10. The summed E-state index contributed by atoms with van der Waals surface area (Å²) in [5.74, 6) is 0.584. The van der Waals surface area contributed by atoms with Crippen LogP contribution in [0.25, 0.3) is 10.9 Å². The van der Waals surface area contributed by atoms with Gasteiger partial charge in [-0.05, 0) is 62.1 Å². The van der Waals surface area contributed by atoms with Crippen LogP contribution in [-0.2, 0) is 6.42 Å². The molecule has 2 aliphatic rings. The van der Waals surface area contributed by atoms with Gasteiger partial charge >= 0.3 is 0 Å². The molecule has 4 unspecified atom stereocenters. The summed E-state index contributed by atoms with van der Waals surface area (Å²) in [6.07, 6.45) is 3.72. The fourth-order valence-electron chi connectivity index (χ4n) is 5.07. The molecule has 4 atom stereocenters. The summed E-state index contributed by atoms with van der Waals surface area (Å²) >= 11 is 0. The molecule has 0 saturated carbocycles. The molecule has 0 aliphatic carbocycles. The highest BCUT2D eigenvalue weighted by Gasteiger charge is 2.47. The Morgan fingerprint density at radius 3 is 2.84 bits per heavy atom. The van der Waals surface area contributed by atoms with E-state index >= 15 is 0 Å². The van der Waals surface area contributed by atoms with Crippen LogP contribution in [0.2, 0.25) is 0 Å². The maximum absolute atomic E-state index is 10.1. The minimum Gasteiger partial charge on any atom is -0.508 e. The number of benzene rings is 1. The molecule has 1 aromatic heterocycles. The molecule has 4 rings (SSSR count). The van der Waals surface area contributed by atoms with E-state index < -0.39 is 0 Å². The van der Waals surface area contributed by atoms with Gasteiger partial charge in [-0.25, -0.2) is 0 Å². The van der Waals surface area contributed by atoms with Crippen LogP contribution in [0.3, 0.4) is 0 Å². The highest BCUT2D eigenvalue weighted by atomic mass is 16.3. The molecule has 1 saturated heterocycles. The molecule has 0 spiro atoms. The molecule has 5 heteroatoms. The van der Waals surface area contributed by atoms with Crippen molar-refractivity contribution in [3.63, 3.8) is 0 Å². The number of phenolic OH excluding ortho intramolecular Hbond substituents is 1. The molecule has 4 N–H and O–H groups in total. The van der Waals surface area contributed by atoms with Crippen LogP contribution >= 0.6 is 0 Å². The highest BCUT2D eigenvalue weighted by molar-refractivity contribution is 5.86. The molecule has 25 heavy (non-hydrogen) atoms. The van der Waals surface area contributed by atoms with Gasteiger partial charge in [-0.1, -0.05) is 6.08 Å². The number of phenols is 1. The predicted molar refractivity (Wildman–Crippen MR) is 97.5 cm³/mol. The number of rotatable bonds is 3. The average molecular weight is 342 g/mol. The van der Waals surface area contributed by atoms with E-state index in [-0.39, 0.29) is 42.9 Å². The van der Waals surface area contributed by atoms with Gasteiger partial charge in [-0.15, -0.1) is 0 Å². The number of nitrogens with one attached hydrogen (secondary N) is 1. The Bertz CT molecular complexity index is 826. The molecule has 3 heterocycles. The van der Waals surface area contributed by atoms with Gasteiger partial charge in [0.25, 0.3) is 0 Å². The minimum absolute atomic E-state index is 0.0499. The topological polar surface area (TPSA) is 79.7 Å². The first-order valence-electron chi connectivity index (χ1n) is 9.01. The number of likely N-dealkylation sites (N-methyl/N-ethyl adjacent to an activating group) is 1. The van der Waals surface area contributed by atoms with Crippen molar-refractivity contribution in [2.45, 2.75) is 31.8 Å². The monoisotopic (exact) mass is 342 g/mol. The van der Waals surface area contributed by atoms with E-state index in [0.717, 1.165) is 29.3 Å². The molecular formula is C20H26N2O3. The summed E-state index contributed by atoms with van der Waals surface area (Å²) in [6.45, 7) is 2.13. The number of H-pyrrole nitrogens is 1. The number of piperidine rings is 1. The van der Waals surface area contributed by atoms with Gasteiger partial charge in [0.1, 0.15) is 5.75 Å². The first kappa shape index (κ1) is 16.6. The number of aromatic hydroxyl groups is 1. The van der Waals surface area contributed by atoms with E-state index in [9.17, 15) is 15.3 Å². The summed E-state index contributed by atoms with van der Waals surface area (Å²) in [5.41, 5.74) is 4.56. The van der Waals surface area contributed by atoms with Crippen molar-refractivity contribution in [1.82, 2.24) is 9.88 Å². The van der Waals surface area contributed by atoms with Crippen LogP contribution in [0.15, 0.2) is 29.8 Å². The standard InChI is InChI=1S/C20H26N2O3/c1-3-11(9-23)13-7-19-20-15(8-18(22(19)2)16(13)10-24)14-6-12(25)4-5-17(14)21-20/h3-6,13,16,18-19,21,23-25H,7-10H2,1-2H3/b11-3-. The molecule has 0 amide bonds. The molecule has 2 bridgehead atoms. The molecule has 2 aliphatic heterocycles. The third kappa shape index (κ3) is 2.41. The Morgan fingerprint density at radius 1 is 1.36 bits per heavy atom. The average Bonchev–Trinajstić information content (AvgIpc) is 2.95. The normalized spacial score (nSPS) is 29.8. The number of aromatic nitrogens is 1. The van der Waals surface area contributed by atoms with Crippen molar-refractivity contribution >= 4 is 10.9 Å². The van der Waals surface area contributed by atoms with Crippen molar-refractivity contribution in [3.05, 3.63) is 41.1 Å². The van der Waals surface area contributed by atoms with E-state index in [0.29, 0.717) is 0 Å². The Labute approximate surface area is 147 Å². The predicted octanol–water partition coefficient (Wildman–Crippen LogP) is 2.34. The van der Waals surface area contributed by atoms with Crippen LogP contribution in [0.4, 0.5) is 0 Å². The Morgan fingerprint density at radius 2 is 2.16 bits per heavy atom. The van der Waals surface area contributed by atoms with Gasteiger partial charge in [-0.3, -0.25) is 4.90 Å². The number of hydrogen-bond donors (Lipinski definition) is 4. The van der Waals surface area contributed by atoms with Crippen LogP contribution < -0.4 is 0 Å². The lowest BCUT2D eigenvalue weighted by molar-refractivity contribution is -0.00908. The van der Waals surface area contributed by atoms with E-state index in [1.807, 2.05) is 25.1 Å². The number of aliphatic hydroxyl groups excluding tert-OH is 2. The Balaban J connectivity index is 1.84. The van der Waals surface area contributed by atoms with Gasteiger partial charge in [0.15, 0.2) is 0 Å². The molecule has 2 aromatic rings. The lowest BCUT2D eigenvalue weighted by Gasteiger charge is -2.51. The summed E-state index contributed by atoms with van der Waals surface area (Å²) in [5, 5.41) is 30.8. The highest BCUT2D eigenvalue weighted by Crippen LogP contribution is 2.49. The van der Waals surface area contributed by atoms with E-state index in [2.05, 4.69) is 16.9 Å². The van der Waals surface area contributed by atoms with E-state index in [4.69, 9.17) is 0 Å². The van der Waals surface area contributed by atoms with E-state index in [1.54, 1.807) is 6.07 Å². The fraction of sp³-hybridized carbons (Fsp3) is 0.500. The van der Waals surface area contributed by atoms with Gasteiger partial charge < -0.3 is 20.3 Å². The third-order valence-corrected chi connectivity index (χ3v) is 6.41. The summed E-state index contributed by atoms with van der Waals surface area (Å²) < 4.78 is 0. The quantitative estimate of drug-likeness (QED) is 0.646. The van der Waals surface area contributed by atoms with Gasteiger partial charge in [0, 0.05) is 35.2 Å². The van der Waals surface area contributed by atoms with Gasteiger partial charge in [0.05, 0.1) is 12.6 Å².